The van der Waals surface area contributed by atoms with E-state index in [1.807, 2.05) is 6.92 Å². The molecule has 1 heterocycles. The maximum absolute atomic E-state index is 12.3. The summed E-state index contributed by atoms with van der Waals surface area (Å²) in [5.41, 5.74) is 0.644. The summed E-state index contributed by atoms with van der Waals surface area (Å²) in [5.74, 6) is 0.497. The van der Waals surface area contributed by atoms with Crippen molar-refractivity contribution in [3.05, 3.63) is 11.8 Å². The van der Waals surface area contributed by atoms with E-state index in [4.69, 9.17) is 0 Å². The number of nitrogens with one attached hydrogen (secondary N) is 3. The minimum Gasteiger partial charge on any atom is -0.316 e. The van der Waals surface area contributed by atoms with Crippen molar-refractivity contribution >= 4 is 10.0 Å². The van der Waals surface area contributed by atoms with Gasteiger partial charge in [-0.2, -0.15) is 5.10 Å². The predicted molar refractivity (Wildman–Crippen MR) is 75.2 cm³/mol. The van der Waals surface area contributed by atoms with E-state index in [-0.39, 0.29) is 11.1 Å². The molecule has 19 heavy (non-hydrogen) atoms. The van der Waals surface area contributed by atoms with Gasteiger partial charge in [0.2, 0.25) is 0 Å². The number of hydrogen-bond acceptors (Lipinski definition) is 4. The molecular weight excluding hydrogens is 264 g/mol. The SMILES string of the molecule is CCC(C)CC(C)NS(=O)(=O)c1[nH]ncc1CNC. The van der Waals surface area contributed by atoms with Crippen LogP contribution < -0.4 is 10.0 Å². The van der Waals surface area contributed by atoms with Gasteiger partial charge in [0.25, 0.3) is 10.0 Å². The zero-order valence-electron chi connectivity index (χ0n) is 12.0. The van der Waals surface area contributed by atoms with E-state index < -0.39 is 10.0 Å². The summed E-state index contributed by atoms with van der Waals surface area (Å²) >= 11 is 0. The summed E-state index contributed by atoms with van der Waals surface area (Å²) in [6.45, 7) is 6.57. The van der Waals surface area contributed by atoms with Gasteiger partial charge in [-0.3, -0.25) is 5.10 Å². The van der Waals surface area contributed by atoms with Crippen molar-refractivity contribution in [1.82, 2.24) is 20.2 Å². The van der Waals surface area contributed by atoms with Crippen molar-refractivity contribution in [2.45, 2.75) is 51.2 Å². The van der Waals surface area contributed by atoms with Gasteiger partial charge in [0.1, 0.15) is 0 Å². The molecule has 0 saturated carbocycles. The molecule has 2 unspecified atom stereocenters. The lowest BCUT2D eigenvalue weighted by Gasteiger charge is -2.17. The minimum absolute atomic E-state index is 0.0920. The molecule has 6 nitrogen and oxygen atoms in total. The van der Waals surface area contributed by atoms with E-state index in [1.54, 1.807) is 7.05 Å². The van der Waals surface area contributed by atoms with E-state index in [0.29, 0.717) is 18.0 Å². The van der Waals surface area contributed by atoms with Crippen LogP contribution in [0.25, 0.3) is 0 Å². The Kier molecular flexibility index (Phi) is 5.96. The average Bonchev–Trinajstić information content (AvgIpc) is 2.77. The zero-order valence-corrected chi connectivity index (χ0v) is 12.8. The highest BCUT2D eigenvalue weighted by Gasteiger charge is 2.23. The normalized spacial score (nSPS) is 15.4. The van der Waals surface area contributed by atoms with Gasteiger partial charge in [-0.25, -0.2) is 13.1 Å². The Balaban J connectivity index is 2.77. The first kappa shape index (κ1) is 16.1. The van der Waals surface area contributed by atoms with Crippen LogP contribution >= 0.6 is 0 Å². The number of rotatable bonds is 8. The Hall–Kier alpha value is -0.920. The molecule has 1 aromatic rings. The molecule has 110 valence electrons. The molecule has 1 rings (SSSR count). The average molecular weight is 288 g/mol. The van der Waals surface area contributed by atoms with Gasteiger partial charge < -0.3 is 5.32 Å². The second-order valence-electron chi connectivity index (χ2n) is 5.03. The van der Waals surface area contributed by atoms with Crippen LogP contribution in [0.4, 0.5) is 0 Å². The highest BCUT2D eigenvalue weighted by Crippen LogP contribution is 2.15. The molecule has 0 aliphatic heterocycles. The van der Waals surface area contributed by atoms with Crippen molar-refractivity contribution in [3.8, 4) is 0 Å². The number of hydrogen-bond donors (Lipinski definition) is 3. The summed E-state index contributed by atoms with van der Waals surface area (Å²) in [5, 5.41) is 9.45. The van der Waals surface area contributed by atoms with Gasteiger partial charge in [-0.05, 0) is 26.3 Å². The monoisotopic (exact) mass is 288 g/mol. The van der Waals surface area contributed by atoms with Crippen LogP contribution in [0.5, 0.6) is 0 Å². The molecule has 3 N–H and O–H groups in total. The Labute approximate surface area is 115 Å². The summed E-state index contributed by atoms with van der Waals surface area (Å²) in [6.07, 6.45) is 3.40. The highest BCUT2D eigenvalue weighted by molar-refractivity contribution is 7.89. The lowest BCUT2D eigenvalue weighted by atomic mass is 10.0. The van der Waals surface area contributed by atoms with E-state index in [1.165, 1.54) is 6.20 Å². The molecule has 0 fully saturated rings. The number of H-pyrrole nitrogens is 1. The van der Waals surface area contributed by atoms with Crippen molar-refractivity contribution in [2.75, 3.05) is 7.05 Å². The maximum Gasteiger partial charge on any atom is 0.258 e. The third-order valence-electron chi connectivity index (χ3n) is 3.12. The van der Waals surface area contributed by atoms with Gasteiger partial charge in [-0.1, -0.05) is 20.3 Å². The summed E-state index contributed by atoms with van der Waals surface area (Å²) < 4.78 is 27.2. The lowest BCUT2D eigenvalue weighted by molar-refractivity contribution is 0.445. The van der Waals surface area contributed by atoms with Crippen LogP contribution in [0.3, 0.4) is 0 Å². The topological polar surface area (TPSA) is 86.9 Å². The van der Waals surface area contributed by atoms with Crippen LogP contribution in [-0.2, 0) is 16.6 Å². The molecule has 0 amide bonds. The van der Waals surface area contributed by atoms with Crippen LogP contribution in [-0.4, -0.2) is 31.7 Å². The van der Waals surface area contributed by atoms with Gasteiger partial charge in [0.15, 0.2) is 5.03 Å². The molecular formula is C12H24N4O2S. The Morgan fingerprint density at radius 3 is 2.68 bits per heavy atom. The quantitative estimate of drug-likeness (QED) is 0.671. The second-order valence-corrected chi connectivity index (χ2v) is 6.68. The third kappa shape index (κ3) is 4.59. The van der Waals surface area contributed by atoms with Crippen LogP contribution in [0.2, 0.25) is 0 Å². The lowest BCUT2D eigenvalue weighted by Crippen LogP contribution is -2.34. The molecule has 0 aliphatic rings. The molecule has 0 aromatic carbocycles. The first-order valence-corrected chi connectivity index (χ1v) is 8.08. The molecule has 0 aliphatic carbocycles. The third-order valence-corrected chi connectivity index (χ3v) is 4.73. The van der Waals surface area contributed by atoms with Crippen molar-refractivity contribution < 1.29 is 8.42 Å². The van der Waals surface area contributed by atoms with E-state index in [0.717, 1.165) is 12.8 Å². The van der Waals surface area contributed by atoms with E-state index in [9.17, 15) is 8.42 Å². The van der Waals surface area contributed by atoms with Crippen molar-refractivity contribution in [1.29, 1.82) is 0 Å². The largest absolute Gasteiger partial charge is 0.316 e. The van der Waals surface area contributed by atoms with Crippen LogP contribution in [0.1, 0.15) is 39.2 Å². The first-order chi connectivity index (χ1) is 8.90. The first-order valence-electron chi connectivity index (χ1n) is 6.59. The van der Waals surface area contributed by atoms with Gasteiger partial charge in [-0.15, -0.1) is 0 Å². The standard InChI is InChI=1S/C12H24N4O2S/c1-5-9(2)6-10(3)16-19(17,18)12-11(7-13-4)8-14-15-12/h8-10,13,16H,5-7H2,1-4H3,(H,14,15). The molecule has 0 bridgehead atoms. The molecule has 0 radical (unpaired) electrons. The summed E-state index contributed by atoms with van der Waals surface area (Å²) in [6, 6.07) is -0.0920. The summed E-state index contributed by atoms with van der Waals surface area (Å²) in [4.78, 5) is 0. The molecule has 0 saturated heterocycles. The number of nitrogens with zero attached hydrogens (tertiary/aromatic N) is 1. The summed E-state index contributed by atoms with van der Waals surface area (Å²) in [7, 11) is -1.76. The van der Waals surface area contributed by atoms with Gasteiger partial charge >= 0.3 is 0 Å². The smallest absolute Gasteiger partial charge is 0.258 e. The fourth-order valence-corrected chi connectivity index (χ4v) is 3.38. The fourth-order valence-electron chi connectivity index (χ4n) is 1.99. The maximum atomic E-state index is 12.3. The highest BCUT2D eigenvalue weighted by atomic mass is 32.2. The Bertz CT molecular complexity index is 484. The zero-order chi connectivity index (χ0) is 14.5. The molecule has 1 aromatic heterocycles. The van der Waals surface area contributed by atoms with Crippen LogP contribution in [0.15, 0.2) is 11.2 Å². The predicted octanol–water partition coefficient (Wildman–Crippen LogP) is 1.23. The molecule has 0 spiro atoms. The van der Waals surface area contributed by atoms with Gasteiger partial charge in [0.05, 0.1) is 6.20 Å². The Morgan fingerprint density at radius 2 is 2.11 bits per heavy atom. The fraction of sp³-hybridized carbons (Fsp3) is 0.750. The number of aromatic amines is 1. The molecule has 7 heteroatoms. The van der Waals surface area contributed by atoms with Crippen LogP contribution in [0, 0.1) is 5.92 Å². The number of aromatic nitrogens is 2. The Morgan fingerprint density at radius 1 is 1.42 bits per heavy atom. The minimum atomic E-state index is -3.53. The molecule has 2 atom stereocenters. The number of sulfonamides is 1. The van der Waals surface area contributed by atoms with E-state index in [2.05, 4.69) is 34.1 Å². The van der Waals surface area contributed by atoms with E-state index >= 15 is 0 Å². The van der Waals surface area contributed by atoms with Crippen molar-refractivity contribution in [2.24, 2.45) is 5.92 Å². The second kappa shape index (κ2) is 7.02. The van der Waals surface area contributed by atoms with Gasteiger partial charge in [0, 0.05) is 18.2 Å². The van der Waals surface area contributed by atoms with Crippen molar-refractivity contribution in [3.63, 3.8) is 0 Å².